The van der Waals surface area contributed by atoms with Gasteiger partial charge in [-0.3, -0.25) is 14.5 Å². The van der Waals surface area contributed by atoms with Crippen molar-refractivity contribution in [3.63, 3.8) is 0 Å². The Labute approximate surface area is 143 Å². The minimum absolute atomic E-state index is 0.0303. The van der Waals surface area contributed by atoms with E-state index in [1.807, 2.05) is 24.3 Å². The van der Waals surface area contributed by atoms with Gasteiger partial charge in [-0.05, 0) is 37.1 Å². The Morgan fingerprint density at radius 1 is 1.25 bits per heavy atom. The van der Waals surface area contributed by atoms with Crippen LogP contribution >= 0.6 is 0 Å². The summed E-state index contributed by atoms with van der Waals surface area (Å²) in [6.07, 6.45) is 3.89. The molecule has 1 aromatic rings. The molecule has 2 amide bonds. The molecule has 132 valence electrons. The van der Waals surface area contributed by atoms with Gasteiger partial charge in [-0.2, -0.15) is 0 Å². The zero-order valence-corrected chi connectivity index (χ0v) is 14.4. The number of carbonyl (C=O) groups is 2. The Bertz CT molecular complexity index is 544. The molecule has 1 atom stereocenters. The number of hydrogen-bond acceptors (Lipinski definition) is 4. The predicted molar refractivity (Wildman–Crippen MR) is 95.5 cm³/mol. The molecule has 1 heterocycles. The van der Waals surface area contributed by atoms with E-state index >= 15 is 0 Å². The van der Waals surface area contributed by atoms with Crippen molar-refractivity contribution in [2.24, 2.45) is 5.73 Å². The summed E-state index contributed by atoms with van der Waals surface area (Å²) in [4.78, 5) is 25.1. The zero-order chi connectivity index (χ0) is 17.4. The molecule has 24 heavy (non-hydrogen) atoms. The maximum Gasteiger partial charge on any atom is 0.221 e. The third-order valence-electron chi connectivity index (χ3n) is 4.32. The number of anilines is 1. The van der Waals surface area contributed by atoms with Crippen LogP contribution in [0.2, 0.25) is 0 Å². The van der Waals surface area contributed by atoms with Gasteiger partial charge in [0, 0.05) is 44.7 Å². The van der Waals surface area contributed by atoms with Crippen molar-refractivity contribution in [3.05, 3.63) is 29.8 Å². The number of amides is 2. The van der Waals surface area contributed by atoms with Crippen LogP contribution in [0.15, 0.2) is 24.3 Å². The van der Waals surface area contributed by atoms with Crippen LogP contribution in [0.4, 0.5) is 5.69 Å². The van der Waals surface area contributed by atoms with E-state index in [4.69, 9.17) is 5.73 Å². The Morgan fingerprint density at radius 3 is 2.67 bits per heavy atom. The lowest BCUT2D eigenvalue weighted by atomic mass is 10.0. The van der Waals surface area contributed by atoms with Crippen molar-refractivity contribution in [2.75, 3.05) is 25.0 Å². The summed E-state index contributed by atoms with van der Waals surface area (Å²) in [5, 5.41) is 5.77. The number of benzene rings is 1. The highest BCUT2D eigenvalue weighted by atomic mass is 16.2. The highest BCUT2D eigenvalue weighted by molar-refractivity contribution is 5.88. The molecule has 6 nitrogen and oxygen atoms in total. The average Bonchev–Trinajstić information content (AvgIpc) is 2.56. The van der Waals surface area contributed by atoms with Gasteiger partial charge < -0.3 is 16.4 Å². The predicted octanol–water partition coefficient (Wildman–Crippen LogP) is 1.46. The molecule has 1 fully saturated rings. The second-order valence-electron chi connectivity index (χ2n) is 6.34. The summed E-state index contributed by atoms with van der Waals surface area (Å²) < 4.78 is 0. The summed E-state index contributed by atoms with van der Waals surface area (Å²) in [6.45, 7) is 4.48. The molecule has 1 saturated heterocycles. The summed E-state index contributed by atoms with van der Waals surface area (Å²) >= 11 is 0. The first-order valence-corrected chi connectivity index (χ1v) is 8.66. The first-order valence-electron chi connectivity index (χ1n) is 8.66. The minimum Gasteiger partial charge on any atom is -0.354 e. The van der Waals surface area contributed by atoms with Crippen molar-refractivity contribution in [1.82, 2.24) is 10.2 Å². The van der Waals surface area contributed by atoms with Crippen LogP contribution in [0.25, 0.3) is 0 Å². The number of nitrogens with zero attached hydrogens (tertiary/aromatic N) is 1. The zero-order valence-electron chi connectivity index (χ0n) is 14.4. The lowest BCUT2D eigenvalue weighted by Crippen LogP contribution is -2.46. The van der Waals surface area contributed by atoms with E-state index in [0.717, 1.165) is 25.2 Å². The van der Waals surface area contributed by atoms with Crippen molar-refractivity contribution in [3.8, 4) is 0 Å². The van der Waals surface area contributed by atoms with E-state index in [0.29, 0.717) is 25.6 Å². The van der Waals surface area contributed by atoms with Crippen molar-refractivity contribution >= 4 is 17.5 Å². The van der Waals surface area contributed by atoms with Gasteiger partial charge in [0.25, 0.3) is 0 Å². The summed E-state index contributed by atoms with van der Waals surface area (Å²) in [5.41, 5.74) is 7.44. The molecule has 0 aromatic heterocycles. The van der Waals surface area contributed by atoms with Crippen LogP contribution < -0.4 is 16.4 Å². The molecule has 0 saturated carbocycles. The van der Waals surface area contributed by atoms with E-state index in [-0.39, 0.29) is 11.8 Å². The van der Waals surface area contributed by atoms with Gasteiger partial charge in [-0.1, -0.05) is 18.6 Å². The number of nitrogens with one attached hydrogen (secondary N) is 2. The molecule has 2 rings (SSSR count). The molecule has 1 unspecified atom stereocenters. The van der Waals surface area contributed by atoms with Gasteiger partial charge in [0.2, 0.25) is 11.8 Å². The second-order valence-corrected chi connectivity index (χ2v) is 6.34. The van der Waals surface area contributed by atoms with Gasteiger partial charge >= 0.3 is 0 Å². The van der Waals surface area contributed by atoms with Gasteiger partial charge in [0.05, 0.1) is 0 Å². The lowest BCUT2D eigenvalue weighted by molar-refractivity contribution is -0.121. The third-order valence-corrected chi connectivity index (χ3v) is 4.32. The fourth-order valence-corrected chi connectivity index (χ4v) is 3.08. The van der Waals surface area contributed by atoms with E-state index in [1.165, 1.54) is 25.3 Å². The lowest BCUT2D eigenvalue weighted by Gasteiger charge is -2.36. The van der Waals surface area contributed by atoms with Gasteiger partial charge in [0.15, 0.2) is 0 Å². The molecular formula is C18H28N4O2. The minimum atomic E-state index is -0.0629. The summed E-state index contributed by atoms with van der Waals surface area (Å²) in [5.74, 6) is -0.0326. The van der Waals surface area contributed by atoms with Crippen LogP contribution in [-0.4, -0.2) is 42.4 Å². The Morgan fingerprint density at radius 2 is 2.00 bits per heavy atom. The molecule has 0 spiro atoms. The number of piperidine rings is 1. The van der Waals surface area contributed by atoms with E-state index < -0.39 is 0 Å². The first kappa shape index (κ1) is 18.4. The van der Waals surface area contributed by atoms with E-state index in [2.05, 4.69) is 15.5 Å². The third kappa shape index (κ3) is 5.94. The molecule has 0 bridgehead atoms. The fraction of sp³-hybridized carbons (Fsp3) is 0.556. The highest BCUT2D eigenvalue weighted by Crippen LogP contribution is 2.20. The number of likely N-dealkylation sites (tertiary alicyclic amines) is 1. The molecule has 1 aromatic carbocycles. The molecule has 0 radical (unpaired) electrons. The van der Waals surface area contributed by atoms with Crippen LogP contribution in [0, 0.1) is 0 Å². The number of hydrogen-bond donors (Lipinski definition) is 3. The molecule has 4 N–H and O–H groups in total. The monoisotopic (exact) mass is 332 g/mol. The molecule has 6 heteroatoms. The summed E-state index contributed by atoms with van der Waals surface area (Å²) in [6, 6.07) is 8.32. The maximum absolute atomic E-state index is 11.6. The maximum atomic E-state index is 11.6. The van der Waals surface area contributed by atoms with Crippen LogP contribution in [0.3, 0.4) is 0 Å². The Hall–Kier alpha value is -1.92. The Kier molecular flexibility index (Phi) is 7.21. The number of rotatable bonds is 7. The standard InChI is InChI=1S/C18H28N4O2/c1-14(23)21-16-7-5-15(6-8-16)13-22-11-3-2-4-17(22)12-20-18(24)9-10-19/h5-8,17H,2-4,9-13,19H2,1H3,(H,20,24)(H,21,23). The summed E-state index contributed by atoms with van der Waals surface area (Å²) in [7, 11) is 0. The van der Waals surface area contributed by atoms with Gasteiger partial charge in [0.1, 0.15) is 0 Å². The van der Waals surface area contributed by atoms with Crippen LogP contribution in [0.1, 0.15) is 38.2 Å². The van der Waals surface area contributed by atoms with Gasteiger partial charge in [-0.15, -0.1) is 0 Å². The van der Waals surface area contributed by atoms with Crippen molar-refractivity contribution in [2.45, 2.75) is 45.2 Å². The largest absolute Gasteiger partial charge is 0.354 e. The molecular weight excluding hydrogens is 304 g/mol. The second kappa shape index (κ2) is 9.39. The smallest absolute Gasteiger partial charge is 0.221 e. The normalized spacial score (nSPS) is 18.2. The topological polar surface area (TPSA) is 87.5 Å². The van der Waals surface area contributed by atoms with Crippen molar-refractivity contribution in [1.29, 1.82) is 0 Å². The first-order chi connectivity index (χ1) is 11.6. The molecule has 1 aliphatic rings. The van der Waals surface area contributed by atoms with Crippen LogP contribution in [-0.2, 0) is 16.1 Å². The number of nitrogens with two attached hydrogens (primary N) is 1. The molecule has 1 aliphatic heterocycles. The van der Waals surface area contributed by atoms with Crippen molar-refractivity contribution < 1.29 is 9.59 Å². The van der Waals surface area contributed by atoms with E-state index in [1.54, 1.807) is 0 Å². The van der Waals surface area contributed by atoms with Crippen LogP contribution in [0.5, 0.6) is 0 Å². The Balaban J connectivity index is 1.90. The quantitative estimate of drug-likeness (QED) is 0.705. The average molecular weight is 332 g/mol. The highest BCUT2D eigenvalue weighted by Gasteiger charge is 2.22. The molecule has 0 aliphatic carbocycles. The number of carbonyl (C=O) groups excluding carboxylic acids is 2. The fourth-order valence-electron chi connectivity index (χ4n) is 3.08. The SMILES string of the molecule is CC(=O)Nc1ccc(CN2CCCCC2CNC(=O)CCN)cc1. The van der Waals surface area contributed by atoms with Gasteiger partial charge in [-0.25, -0.2) is 0 Å². The van der Waals surface area contributed by atoms with E-state index in [9.17, 15) is 9.59 Å².